The number of carbonyl (C=O) groups is 1. The molecule has 1 aliphatic heterocycles. The monoisotopic (exact) mass is 418 g/mol. The van der Waals surface area contributed by atoms with Crippen LogP contribution in [0.5, 0.6) is 0 Å². The van der Waals surface area contributed by atoms with Crippen LogP contribution < -0.4 is 10.2 Å². The van der Waals surface area contributed by atoms with Crippen molar-refractivity contribution >= 4 is 11.9 Å². The molecule has 9 heteroatoms. The van der Waals surface area contributed by atoms with Gasteiger partial charge >= 0.3 is 0 Å². The topological polar surface area (TPSA) is 93.8 Å². The number of imidazole rings is 1. The molecule has 31 heavy (non-hydrogen) atoms. The molecule has 6 rings (SSSR count). The molecule has 4 heterocycles. The van der Waals surface area contributed by atoms with Gasteiger partial charge in [-0.15, -0.1) is 0 Å². The van der Waals surface area contributed by atoms with Crippen molar-refractivity contribution in [1.82, 2.24) is 34.6 Å². The largest absolute Gasteiger partial charge is 0.343 e. The number of rotatable bonds is 5. The third-order valence-electron chi connectivity index (χ3n) is 6.99. The maximum Gasteiger partial charge on any atom is 0.255 e. The summed E-state index contributed by atoms with van der Waals surface area (Å²) < 4.78 is 3.80. The molecule has 1 spiro atoms. The molecular weight excluding hydrogens is 392 g/mol. The van der Waals surface area contributed by atoms with Crippen molar-refractivity contribution in [3.63, 3.8) is 0 Å². The van der Waals surface area contributed by atoms with Crippen LogP contribution in [0.15, 0.2) is 24.9 Å². The SMILES string of the molecule is Cc1nc(N2CC3(CC3)C2)ncc1Cn1cc(C(=O)N[C@@H]2CCc3c2ncn3C)cn1. The Hall–Kier alpha value is -3.23. The Balaban J connectivity index is 1.11. The smallest absolute Gasteiger partial charge is 0.255 e. The van der Waals surface area contributed by atoms with Crippen molar-refractivity contribution in [1.29, 1.82) is 0 Å². The summed E-state index contributed by atoms with van der Waals surface area (Å²) in [5.41, 5.74) is 5.27. The van der Waals surface area contributed by atoms with Gasteiger partial charge in [-0.2, -0.15) is 5.10 Å². The average molecular weight is 419 g/mol. The van der Waals surface area contributed by atoms with Crippen LogP contribution in [0.3, 0.4) is 0 Å². The minimum absolute atomic E-state index is 0.0356. The highest BCUT2D eigenvalue weighted by molar-refractivity contribution is 5.94. The van der Waals surface area contributed by atoms with Gasteiger partial charge in [0.15, 0.2) is 0 Å². The van der Waals surface area contributed by atoms with Crippen LogP contribution in [-0.2, 0) is 20.0 Å². The molecule has 1 N–H and O–H groups in total. The van der Waals surface area contributed by atoms with E-state index in [2.05, 4.69) is 25.3 Å². The first-order valence-corrected chi connectivity index (χ1v) is 10.9. The van der Waals surface area contributed by atoms with Gasteiger partial charge in [0, 0.05) is 54.9 Å². The van der Waals surface area contributed by atoms with Gasteiger partial charge in [-0.05, 0) is 32.6 Å². The number of aromatic nitrogens is 6. The Kier molecular flexibility index (Phi) is 3.97. The third-order valence-corrected chi connectivity index (χ3v) is 6.99. The quantitative estimate of drug-likeness (QED) is 0.679. The summed E-state index contributed by atoms with van der Waals surface area (Å²) in [5.74, 6) is 0.703. The zero-order chi connectivity index (χ0) is 21.2. The van der Waals surface area contributed by atoms with Crippen LogP contribution in [-0.4, -0.2) is 48.3 Å². The molecule has 0 unspecified atom stereocenters. The average Bonchev–Trinajstić information content (AvgIpc) is 3.04. The minimum Gasteiger partial charge on any atom is -0.343 e. The van der Waals surface area contributed by atoms with Crippen LogP contribution in [0, 0.1) is 12.3 Å². The minimum atomic E-state index is -0.120. The lowest BCUT2D eigenvalue weighted by Crippen LogP contribution is -2.49. The number of anilines is 1. The Bertz CT molecular complexity index is 1170. The van der Waals surface area contributed by atoms with E-state index in [0.29, 0.717) is 17.5 Å². The van der Waals surface area contributed by atoms with Gasteiger partial charge in [-0.3, -0.25) is 9.48 Å². The number of hydrogen-bond acceptors (Lipinski definition) is 6. The lowest BCUT2D eigenvalue weighted by atomic mass is 9.98. The number of nitrogens with one attached hydrogen (secondary N) is 1. The first kappa shape index (κ1) is 18.5. The summed E-state index contributed by atoms with van der Waals surface area (Å²) in [5, 5.41) is 7.48. The van der Waals surface area contributed by atoms with Crippen LogP contribution >= 0.6 is 0 Å². The second-order valence-corrected chi connectivity index (χ2v) is 9.32. The number of amides is 1. The summed E-state index contributed by atoms with van der Waals surface area (Å²) in [4.78, 5) is 28.7. The lowest BCUT2D eigenvalue weighted by molar-refractivity contribution is 0.0936. The predicted molar refractivity (Wildman–Crippen MR) is 114 cm³/mol. The van der Waals surface area contributed by atoms with E-state index in [1.807, 2.05) is 31.1 Å². The highest BCUT2D eigenvalue weighted by atomic mass is 16.1. The van der Waals surface area contributed by atoms with E-state index in [9.17, 15) is 4.79 Å². The fraction of sp³-hybridized carbons (Fsp3) is 0.500. The van der Waals surface area contributed by atoms with Gasteiger partial charge in [-0.25, -0.2) is 15.0 Å². The molecule has 1 atom stereocenters. The molecule has 0 bridgehead atoms. The highest BCUT2D eigenvalue weighted by Gasteiger charge is 2.53. The van der Waals surface area contributed by atoms with E-state index < -0.39 is 0 Å². The van der Waals surface area contributed by atoms with Crippen molar-refractivity contribution in [3.05, 3.63) is 53.1 Å². The molecule has 2 aliphatic carbocycles. The highest BCUT2D eigenvalue weighted by Crippen LogP contribution is 2.53. The molecule has 2 fully saturated rings. The summed E-state index contributed by atoms with van der Waals surface area (Å²) >= 11 is 0. The number of carbonyl (C=O) groups excluding carboxylic acids is 1. The third kappa shape index (κ3) is 3.19. The van der Waals surface area contributed by atoms with Gasteiger partial charge in [0.1, 0.15) is 0 Å². The van der Waals surface area contributed by atoms with E-state index in [4.69, 9.17) is 4.98 Å². The fourth-order valence-corrected chi connectivity index (χ4v) is 4.80. The first-order chi connectivity index (χ1) is 15.0. The van der Waals surface area contributed by atoms with E-state index >= 15 is 0 Å². The molecule has 0 radical (unpaired) electrons. The fourth-order valence-electron chi connectivity index (χ4n) is 4.80. The van der Waals surface area contributed by atoms with E-state index in [1.54, 1.807) is 17.1 Å². The van der Waals surface area contributed by atoms with E-state index in [1.165, 1.54) is 18.5 Å². The molecule has 3 aromatic rings. The van der Waals surface area contributed by atoms with Crippen molar-refractivity contribution in [2.75, 3.05) is 18.0 Å². The standard InChI is InChI=1S/C22H26N8O/c1-14-15(7-23-21(26-14)29-11-22(12-29)5-6-22)9-30-10-16(8-25-30)20(31)27-17-3-4-18-19(17)24-13-28(18)2/h7-8,10,13,17H,3-6,9,11-12H2,1-2H3,(H,27,31)/t17-/m1/s1. The zero-order valence-electron chi connectivity index (χ0n) is 17.9. The Labute approximate surface area is 180 Å². The van der Waals surface area contributed by atoms with Gasteiger partial charge in [0.2, 0.25) is 5.95 Å². The summed E-state index contributed by atoms with van der Waals surface area (Å²) in [7, 11) is 1.99. The van der Waals surface area contributed by atoms with Gasteiger partial charge < -0.3 is 14.8 Å². The second-order valence-electron chi connectivity index (χ2n) is 9.32. The molecular formula is C22H26N8O. The number of aryl methyl sites for hydroxylation is 2. The molecule has 3 aliphatic rings. The van der Waals surface area contributed by atoms with Crippen LogP contribution in [0.1, 0.15) is 58.3 Å². The predicted octanol–water partition coefficient (Wildman–Crippen LogP) is 1.78. The summed E-state index contributed by atoms with van der Waals surface area (Å²) in [6, 6.07) is -0.0356. The van der Waals surface area contributed by atoms with Crippen LogP contribution in [0.25, 0.3) is 0 Å². The maximum absolute atomic E-state index is 12.7. The lowest BCUT2D eigenvalue weighted by Gasteiger charge is -2.40. The Morgan fingerprint density at radius 3 is 2.87 bits per heavy atom. The Morgan fingerprint density at radius 1 is 1.26 bits per heavy atom. The summed E-state index contributed by atoms with van der Waals surface area (Å²) in [6.45, 7) is 4.72. The van der Waals surface area contributed by atoms with Crippen molar-refractivity contribution in [2.24, 2.45) is 12.5 Å². The molecule has 160 valence electrons. The second kappa shape index (κ2) is 6.63. The first-order valence-electron chi connectivity index (χ1n) is 10.9. The van der Waals surface area contributed by atoms with Crippen LogP contribution in [0.2, 0.25) is 0 Å². The molecule has 0 aromatic carbocycles. The number of hydrogen-bond donors (Lipinski definition) is 1. The van der Waals surface area contributed by atoms with Gasteiger partial charge in [-0.1, -0.05) is 0 Å². The summed E-state index contributed by atoms with van der Waals surface area (Å²) in [6.07, 6.45) is 11.6. The molecule has 3 aromatic heterocycles. The van der Waals surface area contributed by atoms with E-state index in [0.717, 1.165) is 48.8 Å². The van der Waals surface area contributed by atoms with Gasteiger partial charge in [0.25, 0.3) is 5.91 Å². The zero-order valence-corrected chi connectivity index (χ0v) is 17.9. The number of nitrogens with zero attached hydrogens (tertiary/aromatic N) is 7. The van der Waals surface area contributed by atoms with Crippen molar-refractivity contribution in [3.8, 4) is 0 Å². The maximum atomic E-state index is 12.7. The molecule has 1 saturated carbocycles. The van der Waals surface area contributed by atoms with Crippen LogP contribution in [0.4, 0.5) is 5.95 Å². The van der Waals surface area contributed by atoms with E-state index in [-0.39, 0.29) is 11.9 Å². The van der Waals surface area contributed by atoms with Crippen molar-refractivity contribution in [2.45, 2.75) is 45.2 Å². The molecule has 1 saturated heterocycles. The van der Waals surface area contributed by atoms with Gasteiger partial charge in [0.05, 0.1) is 36.4 Å². The van der Waals surface area contributed by atoms with Crippen molar-refractivity contribution < 1.29 is 4.79 Å². The molecule has 9 nitrogen and oxygen atoms in total. The molecule has 1 amide bonds. The normalized spacial score (nSPS) is 20.6. The number of fused-ring (bicyclic) bond motifs is 1. The Morgan fingerprint density at radius 2 is 2.10 bits per heavy atom.